The Balaban J connectivity index is 2.74. The van der Waals surface area contributed by atoms with Gasteiger partial charge in [-0.2, -0.15) is 0 Å². The topological polar surface area (TPSA) is 70.8 Å². The van der Waals surface area contributed by atoms with Crippen molar-refractivity contribution in [2.45, 2.75) is 32.2 Å². The zero-order valence-electron chi connectivity index (χ0n) is 12.3. The summed E-state index contributed by atoms with van der Waals surface area (Å²) in [7, 11) is 2.98. The van der Waals surface area contributed by atoms with E-state index in [1.54, 1.807) is 7.11 Å². The van der Waals surface area contributed by atoms with Crippen LogP contribution in [0.4, 0.5) is 0 Å². The van der Waals surface area contributed by atoms with Crippen LogP contribution in [-0.2, 0) is 16.0 Å². The molecule has 0 aliphatic heterocycles. The second-order valence-corrected chi connectivity index (χ2v) is 4.52. The molecule has 1 rings (SSSR count). The molecule has 112 valence electrons. The Morgan fingerprint density at radius 3 is 2.70 bits per heavy atom. The van der Waals surface area contributed by atoms with Gasteiger partial charge in [-0.1, -0.05) is 6.92 Å². The van der Waals surface area contributed by atoms with Crippen LogP contribution in [0, 0.1) is 0 Å². The van der Waals surface area contributed by atoms with Crippen LogP contribution in [0.2, 0.25) is 0 Å². The van der Waals surface area contributed by atoms with Crippen molar-refractivity contribution in [3.63, 3.8) is 0 Å². The van der Waals surface area contributed by atoms with E-state index in [1.165, 1.54) is 7.11 Å². The fraction of sp³-hybridized carbons (Fsp3) is 0.533. The van der Waals surface area contributed by atoms with Crippen LogP contribution in [0.25, 0.3) is 0 Å². The van der Waals surface area contributed by atoms with E-state index in [0.29, 0.717) is 6.42 Å². The van der Waals surface area contributed by atoms with Crippen LogP contribution in [0.15, 0.2) is 18.2 Å². The highest BCUT2D eigenvalue weighted by molar-refractivity contribution is 5.69. The predicted molar refractivity (Wildman–Crippen MR) is 77.1 cm³/mol. The average molecular weight is 281 g/mol. The normalized spacial score (nSPS) is 11.8. The van der Waals surface area contributed by atoms with Crippen molar-refractivity contribution < 1.29 is 19.0 Å². The van der Waals surface area contributed by atoms with E-state index in [4.69, 9.17) is 15.2 Å². The molecule has 1 unspecified atom stereocenters. The molecule has 5 heteroatoms. The lowest BCUT2D eigenvalue weighted by Crippen LogP contribution is -2.22. The summed E-state index contributed by atoms with van der Waals surface area (Å²) in [5.41, 5.74) is 6.98. The Hall–Kier alpha value is -1.75. The molecule has 0 aromatic heterocycles. The highest BCUT2D eigenvalue weighted by Gasteiger charge is 2.10. The van der Waals surface area contributed by atoms with Crippen LogP contribution < -0.4 is 15.2 Å². The lowest BCUT2D eigenvalue weighted by molar-refractivity contribution is -0.141. The van der Waals surface area contributed by atoms with Gasteiger partial charge >= 0.3 is 5.97 Å². The van der Waals surface area contributed by atoms with Gasteiger partial charge in [-0.25, -0.2) is 0 Å². The molecule has 0 spiro atoms. The zero-order chi connectivity index (χ0) is 15.0. The summed E-state index contributed by atoms with van der Waals surface area (Å²) in [6, 6.07) is 5.66. The number of methoxy groups -OCH3 is 2. The van der Waals surface area contributed by atoms with Crippen molar-refractivity contribution in [3.8, 4) is 11.5 Å². The molecule has 0 fully saturated rings. The first-order valence-electron chi connectivity index (χ1n) is 6.72. The number of ether oxygens (including phenoxy) is 3. The zero-order valence-corrected chi connectivity index (χ0v) is 12.3. The smallest absolute Gasteiger partial charge is 0.308 e. The molecule has 0 heterocycles. The largest absolute Gasteiger partial charge is 0.497 e. The summed E-state index contributed by atoms with van der Waals surface area (Å²) < 4.78 is 15.4. The summed E-state index contributed by atoms with van der Waals surface area (Å²) in [5, 5.41) is 0. The molecular formula is C15H23NO4. The Bertz CT molecular complexity index is 434. The number of esters is 1. The first-order valence-corrected chi connectivity index (χ1v) is 6.72. The van der Waals surface area contributed by atoms with Gasteiger partial charge < -0.3 is 19.9 Å². The third kappa shape index (κ3) is 5.09. The van der Waals surface area contributed by atoms with Crippen LogP contribution in [-0.4, -0.2) is 32.8 Å². The summed E-state index contributed by atoms with van der Waals surface area (Å²) >= 11 is 0. The number of carbonyl (C=O) groups excluding carboxylic acids is 1. The molecule has 0 saturated heterocycles. The number of rotatable bonds is 8. The number of hydrogen-bond acceptors (Lipinski definition) is 5. The molecule has 0 amide bonds. The molecule has 0 saturated carbocycles. The van der Waals surface area contributed by atoms with E-state index < -0.39 is 0 Å². The van der Waals surface area contributed by atoms with Gasteiger partial charge in [0.25, 0.3) is 0 Å². The molecule has 5 nitrogen and oxygen atoms in total. The quantitative estimate of drug-likeness (QED) is 0.737. The fourth-order valence-electron chi connectivity index (χ4n) is 1.76. The number of benzene rings is 1. The van der Waals surface area contributed by atoms with E-state index >= 15 is 0 Å². The van der Waals surface area contributed by atoms with E-state index in [2.05, 4.69) is 4.74 Å². The van der Waals surface area contributed by atoms with Gasteiger partial charge in [-0.05, 0) is 36.6 Å². The number of carbonyl (C=O) groups is 1. The van der Waals surface area contributed by atoms with E-state index in [-0.39, 0.29) is 25.0 Å². The van der Waals surface area contributed by atoms with Gasteiger partial charge in [0.2, 0.25) is 0 Å². The maximum atomic E-state index is 11.1. The second-order valence-electron chi connectivity index (χ2n) is 4.52. The van der Waals surface area contributed by atoms with Crippen LogP contribution in [0.5, 0.6) is 11.5 Å². The van der Waals surface area contributed by atoms with Crippen molar-refractivity contribution >= 4 is 5.97 Å². The first kappa shape index (κ1) is 16.3. The summed E-state index contributed by atoms with van der Waals surface area (Å²) in [5.74, 6) is 1.22. The standard InChI is InChI=1S/C15H23NO4/c1-4-12(16)9-11-10-13(18-2)5-6-14(11)20-8-7-15(17)19-3/h5-6,10,12H,4,7-9,16H2,1-3H3. The minimum atomic E-state index is -0.287. The molecule has 0 aliphatic carbocycles. The minimum absolute atomic E-state index is 0.0741. The molecule has 0 bridgehead atoms. The molecule has 0 radical (unpaired) electrons. The highest BCUT2D eigenvalue weighted by Crippen LogP contribution is 2.25. The minimum Gasteiger partial charge on any atom is -0.497 e. The highest BCUT2D eigenvalue weighted by atomic mass is 16.5. The molecule has 0 aliphatic rings. The van der Waals surface area contributed by atoms with E-state index in [0.717, 1.165) is 23.5 Å². The van der Waals surface area contributed by atoms with Crippen molar-refractivity contribution in [3.05, 3.63) is 23.8 Å². The molecule has 2 N–H and O–H groups in total. The van der Waals surface area contributed by atoms with Gasteiger partial charge in [0, 0.05) is 6.04 Å². The van der Waals surface area contributed by atoms with Gasteiger partial charge in [0.1, 0.15) is 11.5 Å². The Kier molecular flexibility index (Phi) is 6.87. The molecule has 1 atom stereocenters. The maximum Gasteiger partial charge on any atom is 0.308 e. The maximum absolute atomic E-state index is 11.1. The lowest BCUT2D eigenvalue weighted by Gasteiger charge is -2.15. The third-order valence-corrected chi connectivity index (χ3v) is 3.07. The molecular weight excluding hydrogens is 258 g/mol. The molecule has 1 aromatic rings. The monoisotopic (exact) mass is 281 g/mol. The Morgan fingerprint density at radius 1 is 1.35 bits per heavy atom. The van der Waals surface area contributed by atoms with Crippen molar-refractivity contribution in [2.24, 2.45) is 5.73 Å². The van der Waals surface area contributed by atoms with Crippen molar-refractivity contribution in [1.82, 2.24) is 0 Å². The summed E-state index contributed by atoms with van der Waals surface area (Å²) in [4.78, 5) is 11.1. The first-order chi connectivity index (χ1) is 9.60. The van der Waals surface area contributed by atoms with Gasteiger partial charge in [0.15, 0.2) is 0 Å². The van der Waals surface area contributed by atoms with Crippen LogP contribution >= 0.6 is 0 Å². The van der Waals surface area contributed by atoms with Gasteiger partial charge in [-0.15, -0.1) is 0 Å². The van der Waals surface area contributed by atoms with Crippen LogP contribution in [0.3, 0.4) is 0 Å². The summed E-state index contributed by atoms with van der Waals surface area (Å²) in [6.45, 7) is 2.33. The molecule has 1 aromatic carbocycles. The van der Waals surface area contributed by atoms with E-state index in [1.807, 2.05) is 25.1 Å². The van der Waals surface area contributed by atoms with Crippen LogP contribution in [0.1, 0.15) is 25.3 Å². The second kappa shape index (κ2) is 8.43. The van der Waals surface area contributed by atoms with Crippen molar-refractivity contribution in [2.75, 3.05) is 20.8 Å². The van der Waals surface area contributed by atoms with E-state index in [9.17, 15) is 4.79 Å². The average Bonchev–Trinajstić information content (AvgIpc) is 2.48. The SMILES string of the molecule is CCC(N)Cc1cc(OC)ccc1OCCC(=O)OC. The number of hydrogen-bond donors (Lipinski definition) is 1. The van der Waals surface area contributed by atoms with Gasteiger partial charge in [-0.3, -0.25) is 4.79 Å². The lowest BCUT2D eigenvalue weighted by atomic mass is 10.0. The predicted octanol–water partition coefficient (Wildman–Crippen LogP) is 1.92. The molecule has 20 heavy (non-hydrogen) atoms. The fourth-order valence-corrected chi connectivity index (χ4v) is 1.76. The third-order valence-electron chi connectivity index (χ3n) is 3.07. The van der Waals surface area contributed by atoms with Gasteiger partial charge in [0.05, 0.1) is 27.2 Å². The Labute approximate surface area is 120 Å². The number of nitrogens with two attached hydrogens (primary N) is 1. The summed E-state index contributed by atoms with van der Waals surface area (Å²) in [6.07, 6.45) is 1.82. The Morgan fingerprint density at radius 2 is 2.10 bits per heavy atom. The van der Waals surface area contributed by atoms with Crippen molar-refractivity contribution in [1.29, 1.82) is 0 Å².